The molecule has 0 aromatic heterocycles. The molecule has 0 bridgehead atoms. The molecule has 0 aliphatic rings. The summed E-state index contributed by atoms with van der Waals surface area (Å²) in [5.74, 6) is 0. The Balaban J connectivity index is 0. The van der Waals surface area contributed by atoms with Crippen molar-refractivity contribution in [1.82, 2.24) is 0 Å². The molecule has 0 atom stereocenters. The molecule has 1 radical (unpaired) electrons. The molecule has 0 saturated carbocycles. The van der Waals surface area contributed by atoms with Crippen LogP contribution in [0.25, 0.3) is 0 Å². The van der Waals surface area contributed by atoms with Gasteiger partial charge in [0, 0.05) is 29.9 Å². The second-order valence-corrected chi connectivity index (χ2v) is 0. The van der Waals surface area contributed by atoms with Crippen molar-refractivity contribution in [2.75, 3.05) is 0 Å². The monoisotopic (exact) mass is 388 g/mol. The quantitative estimate of drug-likeness (QED) is 0.498. The van der Waals surface area contributed by atoms with E-state index in [0.717, 1.165) is 0 Å². The van der Waals surface area contributed by atoms with Crippen LogP contribution in [-0.2, 0) is 11.0 Å². The maximum Gasteiger partial charge on any atom is 4.00 e. The summed E-state index contributed by atoms with van der Waals surface area (Å²) in [7, 11) is 0. The summed E-state index contributed by atoms with van der Waals surface area (Å²) in [6.45, 7) is 0. The van der Waals surface area contributed by atoms with Crippen molar-refractivity contribution in [1.29, 1.82) is 0 Å². The van der Waals surface area contributed by atoms with Gasteiger partial charge in [0.1, 0.15) is 0 Å². The molecule has 0 aromatic rings. The van der Waals surface area contributed by atoms with E-state index >= 15 is 0 Å². The Kier molecular flexibility index (Phi) is 235. The topological polar surface area (TPSA) is 57.0 Å². The minimum Gasteiger partial charge on any atom is -2.00 e. The normalized spacial score (nSPS) is 0. The van der Waals surface area contributed by atoms with Crippen LogP contribution in [0.4, 0.5) is 0 Å². The Morgan fingerprint density at radius 3 is 0.750 bits per heavy atom. The smallest absolute Gasteiger partial charge is 2.00 e. The van der Waals surface area contributed by atoms with Gasteiger partial charge in [0.25, 0.3) is 0 Å². The third-order valence-corrected chi connectivity index (χ3v) is 0. The molecule has 0 spiro atoms. The fourth-order valence-electron chi connectivity index (χ4n) is 0. The van der Waals surface area contributed by atoms with Gasteiger partial charge in [-0.25, -0.2) is 0 Å². The van der Waals surface area contributed by atoms with E-state index in [2.05, 4.69) is 0 Å². The van der Waals surface area contributed by atoms with Crippen LogP contribution in [-0.4, -0.2) is 23.9 Å². The molecule has 0 aromatic carbocycles. The summed E-state index contributed by atoms with van der Waals surface area (Å²) in [5.41, 5.74) is 0. The summed E-state index contributed by atoms with van der Waals surface area (Å²) in [5, 5.41) is 0. The molecule has 0 saturated heterocycles. The van der Waals surface area contributed by atoms with Crippen LogP contribution < -0.4 is 0 Å². The fraction of sp³-hybridized carbons (Fsp3) is 0. The Hall–Kier alpha value is 1.73. The summed E-state index contributed by atoms with van der Waals surface area (Å²) < 4.78 is 0. The average molecular weight is 388 g/mol. The molecule has 21 valence electrons. The van der Waals surface area contributed by atoms with Gasteiger partial charge in [-0.2, -0.15) is 0 Å². The fourth-order valence-corrected chi connectivity index (χ4v) is 0. The first kappa shape index (κ1) is 42.8. The van der Waals surface area contributed by atoms with Gasteiger partial charge < -0.3 is 11.0 Å². The molecule has 2 nitrogen and oxygen atoms in total. The first-order valence-corrected chi connectivity index (χ1v) is 0. The van der Waals surface area contributed by atoms with E-state index in [1.54, 1.807) is 0 Å². The molecule has 0 amide bonds. The largest absolute Gasteiger partial charge is 4.00 e. The van der Waals surface area contributed by atoms with Crippen LogP contribution in [0.5, 0.6) is 0 Å². The van der Waals surface area contributed by atoms with Crippen LogP contribution in [0.3, 0.4) is 0 Å². The standard InChI is InChI=1S/Np.2O.Sn/q;2*-2;+4. The first-order chi connectivity index (χ1) is 0. The number of hydrogen-bond donors (Lipinski definition) is 0. The van der Waals surface area contributed by atoms with E-state index in [4.69, 9.17) is 0 Å². The van der Waals surface area contributed by atoms with Crippen molar-refractivity contribution in [3.05, 3.63) is 0 Å². The van der Waals surface area contributed by atoms with Crippen molar-refractivity contribution in [2.45, 2.75) is 0 Å². The molecule has 0 aliphatic heterocycles. The van der Waals surface area contributed by atoms with Gasteiger partial charge in [-0.1, -0.05) is 0 Å². The maximum absolute atomic E-state index is 0. The minimum atomic E-state index is 0. The summed E-state index contributed by atoms with van der Waals surface area (Å²) in [4.78, 5) is 0. The third-order valence-electron chi connectivity index (χ3n) is 0. The summed E-state index contributed by atoms with van der Waals surface area (Å²) in [6, 6.07) is 0. The Morgan fingerprint density at radius 2 is 0.750 bits per heavy atom. The van der Waals surface area contributed by atoms with E-state index in [-0.39, 0.29) is 64.8 Å². The Bertz CT molecular complexity index is 6.00. The molecule has 0 heterocycles. The van der Waals surface area contributed by atoms with Gasteiger partial charge in [-0.3, -0.25) is 0 Å². The van der Waals surface area contributed by atoms with Crippen LogP contribution in [0.1, 0.15) is 0 Å². The number of rotatable bonds is 0. The van der Waals surface area contributed by atoms with Gasteiger partial charge in [0.2, 0.25) is 0 Å². The van der Waals surface area contributed by atoms with E-state index in [1.807, 2.05) is 0 Å². The van der Waals surface area contributed by atoms with E-state index in [1.165, 1.54) is 0 Å². The zero-order valence-electron chi connectivity index (χ0n) is 1.76. The van der Waals surface area contributed by atoms with Gasteiger partial charge in [0.05, 0.1) is 0 Å². The minimum absolute atomic E-state index is 0. The van der Waals surface area contributed by atoms with E-state index in [0.29, 0.717) is 0 Å². The second kappa shape index (κ2) is 22.0. The zero-order valence-corrected chi connectivity index (χ0v) is 8.34. The zero-order chi connectivity index (χ0) is 0. The van der Waals surface area contributed by atoms with Gasteiger partial charge in [-0.05, 0) is 0 Å². The van der Waals surface area contributed by atoms with Gasteiger partial charge in [-0.15, -0.1) is 0 Å². The van der Waals surface area contributed by atoms with Crippen LogP contribution in [0, 0.1) is 29.9 Å². The summed E-state index contributed by atoms with van der Waals surface area (Å²) in [6.07, 6.45) is 0. The molecular formula is NpO2Sn. The predicted octanol–water partition coefficient (Wildman–Crippen LogP) is -0.618. The molecule has 0 rings (SSSR count). The van der Waals surface area contributed by atoms with E-state index in [9.17, 15) is 0 Å². The third kappa shape index (κ3) is 9.29. The maximum atomic E-state index is 0. The predicted molar refractivity (Wildman–Crippen MR) is 7.13 cm³/mol. The van der Waals surface area contributed by atoms with Crippen molar-refractivity contribution < 1.29 is 40.9 Å². The molecule has 0 fully saturated rings. The van der Waals surface area contributed by atoms with Crippen molar-refractivity contribution in [3.8, 4) is 0 Å². The first-order valence-electron chi connectivity index (χ1n) is 0. The Morgan fingerprint density at radius 1 is 0.750 bits per heavy atom. The van der Waals surface area contributed by atoms with Gasteiger partial charge >= 0.3 is 23.9 Å². The van der Waals surface area contributed by atoms with Crippen molar-refractivity contribution in [3.63, 3.8) is 0 Å². The van der Waals surface area contributed by atoms with Crippen LogP contribution >= 0.6 is 0 Å². The molecule has 4 heavy (non-hydrogen) atoms. The molecule has 0 aliphatic carbocycles. The molecular weight excluding hydrogens is 388 g/mol. The van der Waals surface area contributed by atoms with E-state index < -0.39 is 0 Å². The van der Waals surface area contributed by atoms with Crippen molar-refractivity contribution in [2.24, 2.45) is 0 Å². The van der Waals surface area contributed by atoms with Crippen LogP contribution in [0.15, 0.2) is 0 Å². The second-order valence-electron chi connectivity index (χ2n) is 0. The molecule has 4 heteroatoms. The Labute approximate surface area is 64.2 Å². The number of hydrogen-bond acceptors (Lipinski definition) is 0. The molecule has 0 N–H and O–H groups in total. The summed E-state index contributed by atoms with van der Waals surface area (Å²) >= 11 is 0. The van der Waals surface area contributed by atoms with Crippen LogP contribution in [0.2, 0.25) is 0 Å². The van der Waals surface area contributed by atoms with Gasteiger partial charge in [0.15, 0.2) is 0 Å². The molecule has 0 unspecified atom stereocenters. The van der Waals surface area contributed by atoms with Crippen molar-refractivity contribution >= 4 is 23.9 Å². The SMILES string of the molecule is [Np].[O-2].[O-2].[Sn+4]. The average Bonchev–Trinajstić information content (AvgIpc) is 0.